The van der Waals surface area contributed by atoms with Crippen LogP contribution >= 0.6 is 0 Å². The molecular weight excluding hydrogens is 541 g/mol. The number of anilines is 1. The third kappa shape index (κ3) is 5.59. The first-order valence-electron chi connectivity index (χ1n) is 12.9. The van der Waals surface area contributed by atoms with Gasteiger partial charge in [-0.25, -0.2) is 31.6 Å². The van der Waals surface area contributed by atoms with Crippen LogP contribution in [0, 0.1) is 17.5 Å². The highest BCUT2D eigenvalue weighted by Crippen LogP contribution is 2.36. The molecule has 210 valence electrons. The van der Waals surface area contributed by atoms with Crippen LogP contribution in [0.15, 0.2) is 59.8 Å². The fourth-order valence-electron chi connectivity index (χ4n) is 5.03. The molecule has 0 saturated carbocycles. The molecule has 2 N–H and O–H groups in total. The number of aromatic nitrogens is 4. The number of sulfone groups is 1. The Labute approximate surface area is 230 Å². The lowest BCUT2D eigenvalue weighted by Crippen LogP contribution is -2.39. The van der Waals surface area contributed by atoms with Crippen molar-refractivity contribution in [2.45, 2.75) is 49.4 Å². The number of hydrogen-bond donors (Lipinski definition) is 1. The van der Waals surface area contributed by atoms with Gasteiger partial charge in [0.05, 0.1) is 17.5 Å². The molecule has 12 heteroatoms. The highest BCUT2D eigenvalue weighted by molar-refractivity contribution is 7.90. The largest absolute Gasteiger partial charge is 0.368 e. The molecule has 0 bridgehead atoms. The predicted molar refractivity (Wildman–Crippen MR) is 145 cm³/mol. The van der Waals surface area contributed by atoms with Crippen LogP contribution in [0.5, 0.6) is 0 Å². The summed E-state index contributed by atoms with van der Waals surface area (Å²) in [6.45, 7) is 6.10. The normalized spacial score (nSPS) is 15.2. The molecule has 0 radical (unpaired) electrons. The first-order valence-corrected chi connectivity index (χ1v) is 14.6. The number of halogens is 3. The van der Waals surface area contributed by atoms with E-state index in [1.54, 1.807) is 12.3 Å². The average molecular weight is 571 g/mol. The number of piperidine rings is 1. The second-order valence-electron chi connectivity index (χ2n) is 10.1. The van der Waals surface area contributed by atoms with E-state index in [0.717, 1.165) is 38.1 Å². The van der Waals surface area contributed by atoms with Crippen LogP contribution in [0.3, 0.4) is 0 Å². The van der Waals surface area contributed by atoms with Crippen molar-refractivity contribution in [3.63, 3.8) is 0 Å². The minimum absolute atomic E-state index is 0.0406. The standard InChI is InChI=1S/C28H29F3N6O2S/c1-17(2)36-12-9-20(10-13-36)37-15-22(24-8-11-33-28(32)34-24)27(35-37)21-5-3-4-18(26(21)31)16-40(38,39)25-14-19(29)6-7-23(25)30/h3-8,11,14-15,17,20H,9-10,12-13,16H2,1-2H3,(H2,32,33,34). The van der Waals surface area contributed by atoms with Gasteiger partial charge in [0.1, 0.15) is 28.0 Å². The zero-order valence-electron chi connectivity index (χ0n) is 22.1. The Balaban J connectivity index is 1.55. The quantitative estimate of drug-likeness (QED) is 0.332. The summed E-state index contributed by atoms with van der Waals surface area (Å²) >= 11 is 0. The zero-order valence-corrected chi connectivity index (χ0v) is 22.9. The summed E-state index contributed by atoms with van der Waals surface area (Å²) in [7, 11) is -4.40. The molecule has 4 aromatic rings. The summed E-state index contributed by atoms with van der Waals surface area (Å²) in [5.41, 5.74) is 6.89. The highest BCUT2D eigenvalue weighted by Gasteiger charge is 2.28. The molecule has 1 aliphatic rings. The Kier molecular flexibility index (Phi) is 7.65. The van der Waals surface area contributed by atoms with Gasteiger partial charge in [-0.3, -0.25) is 4.68 Å². The molecule has 1 aliphatic heterocycles. The molecule has 0 spiro atoms. The first-order chi connectivity index (χ1) is 19.0. The fraction of sp³-hybridized carbons (Fsp3) is 0.321. The van der Waals surface area contributed by atoms with E-state index in [1.807, 2.05) is 4.68 Å². The minimum Gasteiger partial charge on any atom is -0.368 e. The lowest BCUT2D eigenvalue weighted by atomic mass is 10.0. The van der Waals surface area contributed by atoms with Gasteiger partial charge in [0.25, 0.3) is 0 Å². The van der Waals surface area contributed by atoms with Gasteiger partial charge in [-0.1, -0.05) is 12.1 Å². The number of hydrogen-bond acceptors (Lipinski definition) is 7. The van der Waals surface area contributed by atoms with E-state index in [2.05, 4.69) is 28.7 Å². The Morgan fingerprint density at radius 2 is 1.80 bits per heavy atom. The van der Waals surface area contributed by atoms with E-state index in [1.165, 1.54) is 24.4 Å². The van der Waals surface area contributed by atoms with E-state index in [4.69, 9.17) is 10.8 Å². The minimum atomic E-state index is -4.40. The first kappa shape index (κ1) is 27.8. The van der Waals surface area contributed by atoms with Crippen LogP contribution < -0.4 is 5.73 Å². The number of nitrogen functional groups attached to an aromatic ring is 1. The lowest BCUT2D eigenvalue weighted by Gasteiger charge is -2.34. The van der Waals surface area contributed by atoms with E-state index < -0.39 is 37.9 Å². The smallest absolute Gasteiger partial charge is 0.220 e. The van der Waals surface area contributed by atoms with Gasteiger partial charge >= 0.3 is 0 Å². The number of nitrogens with zero attached hydrogens (tertiary/aromatic N) is 5. The average Bonchev–Trinajstić information content (AvgIpc) is 3.36. The third-order valence-corrected chi connectivity index (χ3v) is 8.87. The monoisotopic (exact) mass is 570 g/mol. The summed E-state index contributed by atoms with van der Waals surface area (Å²) in [5, 5.41) is 4.76. The SMILES string of the molecule is CC(C)N1CCC(n2cc(-c3ccnc(N)n3)c(-c3cccc(CS(=O)(=O)c4cc(F)ccc4F)c3F)n2)CC1. The zero-order chi connectivity index (χ0) is 28.6. The number of benzene rings is 2. The van der Waals surface area contributed by atoms with Crippen molar-refractivity contribution >= 4 is 15.8 Å². The second kappa shape index (κ2) is 11.0. The summed E-state index contributed by atoms with van der Waals surface area (Å²) in [5.74, 6) is -3.67. The number of nitrogens with two attached hydrogens (primary N) is 1. The second-order valence-corrected chi connectivity index (χ2v) is 12.1. The van der Waals surface area contributed by atoms with Crippen LogP contribution in [0.4, 0.5) is 19.1 Å². The van der Waals surface area contributed by atoms with Crippen LogP contribution in [-0.4, -0.2) is 52.2 Å². The molecule has 1 fully saturated rings. The van der Waals surface area contributed by atoms with E-state index in [9.17, 15) is 17.2 Å². The molecule has 1 saturated heterocycles. The van der Waals surface area contributed by atoms with Crippen LogP contribution in [0.25, 0.3) is 22.5 Å². The molecule has 0 atom stereocenters. The van der Waals surface area contributed by atoms with E-state index >= 15 is 4.39 Å². The maximum absolute atomic E-state index is 16.0. The molecular formula is C28H29F3N6O2S. The summed E-state index contributed by atoms with van der Waals surface area (Å²) in [4.78, 5) is 9.80. The molecule has 5 rings (SSSR count). The van der Waals surface area contributed by atoms with Crippen molar-refractivity contribution in [1.82, 2.24) is 24.6 Å². The van der Waals surface area contributed by atoms with Crippen molar-refractivity contribution in [2.24, 2.45) is 0 Å². The Bertz CT molecular complexity index is 1650. The van der Waals surface area contributed by atoms with Gasteiger partial charge in [-0.2, -0.15) is 5.10 Å². The molecule has 0 aliphatic carbocycles. The maximum Gasteiger partial charge on any atom is 0.220 e. The van der Waals surface area contributed by atoms with Gasteiger partial charge < -0.3 is 10.6 Å². The molecule has 0 amide bonds. The predicted octanol–water partition coefficient (Wildman–Crippen LogP) is 5.03. The molecule has 3 heterocycles. The fourth-order valence-corrected chi connectivity index (χ4v) is 6.47. The van der Waals surface area contributed by atoms with Gasteiger partial charge in [-0.15, -0.1) is 0 Å². The topological polar surface area (TPSA) is 107 Å². The highest BCUT2D eigenvalue weighted by atomic mass is 32.2. The van der Waals surface area contributed by atoms with Gasteiger partial charge in [-0.05, 0) is 57.0 Å². The van der Waals surface area contributed by atoms with Crippen LogP contribution in [0.2, 0.25) is 0 Å². The van der Waals surface area contributed by atoms with Crippen molar-refractivity contribution in [3.8, 4) is 22.5 Å². The number of likely N-dealkylation sites (tertiary alicyclic amines) is 1. The van der Waals surface area contributed by atoms with E-state index in [0.29, 0.717) is 23.4 Å². The Morgan fingerprint density at radius 1 is 1.05 bits per heavy atom. The number of rotatable bonds is 7. The van der Waals surface area contributed by atoms with Crippen molar-refractivity contribution in [2.75, 3.05) is 18.8 Å². The van der Waals surface area contributed by atoms with Crippen LogP contribution in [-0.2, 0) is 15.6 Å². The molecule has 40 heavy (non-hydrogen) atoms. The molecule has 2 aromatic carbocycles. The van der Waals surface area contributed by atoms with Crippen molar-refractivity contribution in [1.29, 1.82) is 0 Å². The summed E-state index contributed by atoms with van der Waals surface area (Å²) in [6, 6.07) is 8.59. The van der Waals surface area contributed by atoms with Crippen LogP contribution in [0.1, 0.15) is 38.3 Å². The van der Waals surface area contributed by atoms with Crippen molar-refractivity contribution < 1.29 is 21.6 Å². The van der Waals surface area contributed by atoms with Gasteiger partial charge in [0.15, 0.2) is 9.84 Å². The van der Waals surface area contributed by atoms with E-state index in [-0.39, 0.29) is 28.8 Å². The van der Waals surface area contributed by atoms with Crippen molar-refractivity contribution in [3.05, 3.63) is 77.9 Å². The molecule has 2 aromatic heterocycles. The molecule has 8 nitrogen and oxygen atoms in total. The Morgan fingerprint density at radius 3 is 2.50 bits per heavy atom. The maximum atomic E-state index is 16.0. The Hall–Kier alpha value is -3.77. The van der Waals surface area contributed by atoms with Gasteiger partial charge in [0.2, 0.25) is 5.95 Å². The summed E-state index contributed by atoms with van der Waals surface area (Å²) < 4.78 is 71.7. The summed E-state index contributed by atoms with van der Waals surface area (Å²) in [6.07, 6.45) is 5.00. The molecule has 0 unspecified atom stereocenters. The lowest BCUT2D eigenvalue weighted by molar-refractivity contribution is 0.147. The third-order valence-electron chi connectivity index (χ3n) is 7.19. The van der Waals surface area contributed by atoms with Gasteiger partial charge in [0, 0.05) is 48.2 Å².